The van der Waals surface area contributed by atoms with E-state index < -0.39 is 5.97 Å². The summed E-state index contributed by atoms with van der Waals surface area (Å²) in [5.74, 6) is -0.948. The minimum atomic E-state index is -1.14. The minimum absolute atomic E-state index is 0.0469. The summed E-state index contributed by atoms with van der Waals surface area (Å²) in [7, 11) is 1.36. The van der Waals surface area contributed by atoms with E-state index in [0.717, 1.165) is 0 Å². The first-order chi connectivity index (χ1) is 8.85. The molecule has 19 heavy (non-hydrogen) atoms. The van der Waals surface area contributed by atoms with Crippen molar-refractivity contribution in [1.82, 2.24) is 0 Å². The van der Waals surface area contributed by atoms with E-state index in [-0.39, 0.29) is 28.2 Å². The van der Waals surface area contributed by atoms with Crippen molar-refractivity contribution < 1.29 is 19.4 Å². The van der Waals surface area contributed by atoms with Crippen LogP contribution in [0.1, 0.15) is 30.6 Å². The summed E-state index contributed by atoms with van der Waals surface area (Å²) < 4.78 is 4.97. The van der Waals surface area contributed by atoms with Crippen molar-refractivity contribution in [2.45, 2.75) is 20.3 Å². The number of halogens is 1. The average Bonchev–Trinajstić information content (AvgIpc) is 2.29. The molecule has 0 atom stereocenters. The maximum absolute atomic E-state index is 11.7. The molecule has 6 heteroatoms. The number of amides is 1. The predicted octanol–water partition coefficient (Wildman–Crippen LogP) is 3.03. The van der Waals surface area contributed by atoms with Crippen molar-refractivity contribution in [1.29, 1.82) is 0 Å². The molecular formula is C13H16ClNO4. The molecule has 0 fully saturated rings. The lowest BCUT2D eigenvalue weighted by atomic mass is 10.1. The number of carboxylic acid groups (broad SMARTS) is 1. The standard InChI is InChI=1S/C13H16ClNO4/c1-7(2)4-12(16)15-10-6-11(19-3)8(13(17)18)5-9(10)14/h5-7H,4H2,1-3H3,(H,15,16)(H,17,18). The number of ether oxygens (including phenoxy) is 1. The first kappa shape index (κ1) is 15.3. The highest BCUT2D eigenvalue weighted by molar-refractivity contribution is 6.34. The van der Waals surface area contributed by atoms with Gasteiger partial charge in [-0.1, -0.05) is 25.4 Å². The number of hydrogen-bond donors (Lipinski definition) is 2. The molecule has 2 N–H and O–H groups in total. The predicted molar refractivity (Wildman–Crippen MR) is 73.0 cm³/mol. The largest absolute Gasteiger partial charge is 0.496 e. The fraction of sp³-hybridized carbons (Fsp3) is 0.385. The Kier molecular flexibility index (Phi) is 5.18. The van der Waals surface area contributed by atoms with Crippen molar-refractivity contribution in [3.63, 3.8) is 0 Å². The van der Waals surface area contributed by atoms with E-state index in [4.69, 9.17) is 21.4 Å². The number of aromatic carboxylic acids is 1. The van der Waals surface area contributed by atoms with Gasteiger partial charge in [0.25, 0.3) is 0 Å². The van der Waals surface area contributed by atoms with Gasteiger partial charge < -0.3 is 15.2 Å². The molecule has 0 unspecified atom stereocenters. The molecule has 0 saturated heterocycles. The summed E-state index contributed by atoms with van der Waals surface area (Å²) in [6.45, 7) is 3.85. The number of nitrogens with one attached hydrogen (secondary N) is 1. The van der Waals surface area contributed by atoms with Gasteiger partial charge in [-0.3, -0.25) is 4.79 Å². The summed E-state index contributed by atoms with van der Waals surface area (Å²) >= 11 is 5.95. The first-order valence-corrected chi connectivity index (χ1v) is 6.13. The van der Waals surface area contributed by atoms with Gasteiger partial charge in [0.05, 0.1) is 17.8 Å². The van der Waals surface area contributed by atoms with Crippen LogP contribution in [0.5, 0.6) is 5.75 Å². The van der Waals surface area contributed by atoms with Crippen LogP contribution in [0.2, 0.25) is 5.02 Å². The van der Waals surface area contributed by atoms with E-state index in [1.54, 1.807) is 0 Å². The van der Waals surface area contributed by atoms with Crippen LogP contribution in [0.25, 0.3) is 0 Å². The summed E-state index contributed by atoms with van der Waals surface area (Å²) in [5.41, 5.74) is 0.295. The number of methoxy groups -OCH3 is 1. The molecule has 0 heterocycles. The monoisotopic (exact) mass is 285 g/mol. The summed E-state index contributed by atoms with van der Waals surface area (Å²) in [5, 5.41) is 11.8. The molecule has 0 bridgehead atoms. The van der Waals surface area contributed by atoms with Gasteiger partial charge in [0.15, 0.2) is 0 Å². The highest BCUT2D eigenvalue weighted by Crippen LogP contribution is 2.31. The van der Waals surface area contributed by atoms with Crippen LogP contribution in [-0.4, -0.2) is 24.1 Å². The molecular weight excluding hydrogens is 270 g/mol. The highest BCUT2D eigenvalue weighted by Gasteiger charge is 2.16. The first-order valence-electron chi connectivity index (χ1n) is 5.75. The number of rotatable bonds is 5. The third kappa shape index (κ3) is 4.13. The normalized spacial score (nSPS) is 10.4. The van der Waals surface area contributed by atoms with Gasteiger partial charge in [-0.25, -0.2) is 4.79 Å². The van der Waals surface area contributed by atoms with Crippen LogP contribution in [0.3, 0.4) is 0 Å². The van der Waals surface area contributed by atoms with Gasteiger partial charge in [-0.15, -0.1) is 0 Å². The second-order valence-electron chi connectivity index (χ2n) is 4.48. The second-order valence-corrected chi connectivity index (χ2v) is 4.89. The van der Waals surface area contributed by atoms with Gasteiger partial charge in [-0.05, 0) is 12.0 Å². The SMILES string of the molecule is COc1cc(NC(=O)CC(C)C)c(Cl)cc1C(=O)O. The number of hydrogen-bond acceptors (Lipinski definition) is 3. The van der Waals surface area contributed by atoms with Crippen molar-refractivity contribution in [2.75, 3.05) is 12.4 Å². The van der Waals surface area contributed by atoms with E-state index in [2.05, 4.69) is 5.32 Å². The van der Waals surface area contributed by atoms with Crippen LogP contribution in [0, 0.1) is 5.92 Å². The zero-order valence-corrected chi connectivity index (χ0v) is 11.7. The van der Waals surface area contributed by atoms with Gasteiger partial charge in [0.2, 0.25) is 5.91 Å². The topological polar surface area (TPSA) is 75.6 Å². The van der Waals surface area contributed by atoms with Gasteiger partial charge in [0, 0.05) is 12.5 Å². The zero-order chi connectivity index (χ0) is 14.6. The molecule has 1 aromatic rings. The Labute approximate surface area is 116 Å². The Balaban J connectivity index is 3.03. The smallest absolute Gasteiger partial charge is 0.339 e. The van der Waals surface area contributed by atoms with Crippen molar-refractivity contribution in [3.05, 3.63) is 22.7 Å². The zero-order valence-electron chi connectivity index (χ0n) is 11.0. The maximum Gasteiger partial charge on any atom is 0.339 e. The fourth-order valence-corrected chi connectivity index (χ4v) is 1.77. The van der Waals surface area contributed by atoms with Crippen LogP contribution in [0.15, 0.2) is 12.1 Å². The van der Waals surface area contributed by atoms with Crippen molar-refractivity contribution in [2.24, 2.45) is 5.92 Å². The number of anilines is 1. The molecule has 0 radical (unpaired) electrons. The molecule has 0 spiro atoms. The average molecular weight is 286 g/mol. The lowest BCUT2D eigenvalue weighted by Gasteiger charge is -2.12. The van der Waals surface area contributed by atoms with Gasteiger partial charge >= 0.3 is 5.97 Å². The maximum atomic E-state index is 11.7. The van der Waals surface area contributed by atoms with E-state index in [1.165, 1.54) is 19.2 Å². The number of carbonyl (C=O) groups is 2. The van der Waals surface area contributed by atoms with Crippen LogP contribution >= 0.6 is 11.6 Å². The molecule has 0 aliphatic rings. The van der Waals surface area contributed by atoms with Crippen molar-refractivity contribution >= 4 is 29.2 Å². The van der Waals surface area contributed by atoms with Crippen LogP contribution in [-0.2, 0) is 4.79 Å². The Morgan fingerprint density at radius 2 is 2.05 bits per heavy atom. The Bertz CT molecular complexity index is 500. The third-order valence-electron chi connectivity index (χ3n) is 2.39. The van der Waals surface area contributed by atoms with E-state index >= 15 is 0 Å². The molecule has 1 amide bonds. The summed E-state index contributed by atoms with van der Waals surface area (Å²) in [6, 6.07) is 2.66. The van der Waals surface area contributed by atoms with Gasteiger partial charge in [-0.2, -0.15) is 0 Å². The molecule has 5 nitrogen and oxygen atoms in total. The lowest BCUT2D eigenvalue weighted by molar-refractivity contribution is -0.116. The van der Waals surface area contributed by atoms with Crippen LogP contribution < -0.4 is 10.1 Å². The van der Waals surface area contributed by atoms with E-state index in [9.17, 15) is 9.59 Å². The quantitative estimate of drug-likeness (QED) is 0.872. The third-order valence-corrected chi connectivity index (χ3v) is 2.70. The van der Waals surface area contributed by atoms with Crippen LogP contribution in [0.4, 0.5) is 5.69 Å². The summed E-state index contributed by atoms with van der Waals surface area (Å²) in [6.07, 6.45) is 0.360. The van der Waals surface area contributed by atoms with Gasteiger partial charge in [0.1, 0.15) is 11.3 Å². The molecule has 1 aromatic carbocycles. The number of benzene rings is 1. The Morgan fingerprint density at radius 1 is 1.42 bits per heavy atom. The highest BCUT2D eigenvalue weighted by atomic mass is 35.5. The van der Waals surface area contributed by atoms with Crippen molar-refractivity contribution in [3.8, 4) is 5.75 Å². The molecule has 1 rings (SSSR count). The fourth-order valence-electron chi connectivity index (χ4n) is 1.56. The number of carbonyl (C=O) groups excluding carboxylic acids is 1. The molecule has 104 valence electrons. The second kappa shape index (κ2) is 6.43. The Morgan fingerprint density at radius 3 is 2.53 bits per heavy atom. The number of carboxylic acids is 1. The minimum Gasteiger partial charge on any atom is -0.496 e. The molecule has 0 aliphatic carbocycles. The molecule has 0 aliphatic heterocycles. The lowest BCUT2D eigenvalue weighted by Crippen LogP contribution is -2.14. The van der Waals surface area contributed by atoms with E-state index in [0.29, 0.717) is 12.1 Å². The Hall–Kier alpha value is -1.75. The van der Waals surface area contributed by atoms with E-state index in [1.807, 2.05) is 13.8 Å². The molecule has 0 saturated carbocycles. The molecule has 0 aromatic heterocycles. The summed E-state index contributed by atoms with van der Waals surface area (Å²) in [4.78, 5) is 22.7.